The standard InChI is InChI=1S/C30H24N4O4S/c35-33(36)25-17-15-24(16-18-25)29-21-39-30(31-27-13-7-8-14-28(27)34(37)38)32(29)20-19-26(22-9-3-1-4-10-22)23-11-5-2-6-12-23/h1-18,21,26H,19-20H2. The van der Waals surface area contributed by atoms with Gasteiger partial charge in [0.1, 0.15) is 5.69 Å². The maximum absolute atomic E-state index is 11.6. The van der Waals surface area contributed by atoms with Gasteiger partial charge in [-0.15, -0.1) is 11.3 Å². The molecule has 1 heterocycles. The van der Waals surface area contributed by atoms with E-state index in [0.29, 0.717) is 11.3 Å². The molecule has 0 fully saturated rings. The zero-order chi connectivity index (χ0) is 27.2. The number of nitrogens with zero attached hydrogens (tertiary/aromatic N) is 4. The van der Waals surface area contributed by atoms with E-state index in [4.69, 9.17) is 4.99 Å². The van der Waals surface area contributed by atoms with Crippen LogP contribution in [0.15, 0.2) is 120 Å². The highest BCUT2D eigenvalue weighted by atomic mass is 32.1. The fraction of sp³-hybridized carbons (Fsp3) is 0.100. The summed E-state index contributed by atoms with van der Waals surface area (Å²) in [5.74, 6) is 0.114. The first-order valence-electron chi connectivity index (χ1n) is 12.3. The number of hydrogen-bond acceptors (Lipinski definition) is 6. The quantitative estimate of drug-likeness (QED) is 0.144. The summed E-state index contributed by atoms with van der Waals surface area (Å²) in [5, 5.41) is 24.8. The van der Waals surface area contributed by atoms with Gasteiger partial charge in [0.25, 0.3) is 11.4 Å². The molecule has 0 aliphatic carbocycles. The Bertz CT molecular complexity index is 1620. The largest absolute Gasteiger partial charge is 0.316 e. The number of benzene rings is 4. The Hall–Kier alpha value is -4.89. The molecule has 0 atom stereocenters. The van der Waals surface area contributed by atoms with E-state index in [2.05, 4.69) is 24.3 Å². The molecule has 0 amide bonds. The molecule has 4 aromatic carbocycles. The van der Waals surface area contributed by atoms with Gasteiger partial charge in [-0.25, -0.2) is 4.99 Å². The molecule has 39 heavy (non-hydrogen) atoms. The summed E-state index contributed by atoms with van der Waals surface area (Å²) in [4.78, 5) is 27.3. The first-order chi connectivity index (χ1) is 19.0. The van der Waals surface area contributed by atoms with E-state index in [9.17, 15) is 20.2 Å². The Morgan fingerprint density at radius 3 is 1.92 bits per heavy atom. The SMILES string of the molecule is O=[N+]([O-])c1ccc(-c2csc(=Nc3ccccc3[N+](=O)[O-])n2CCC(c2ccccc2)c2ccccc2)cc1. The Balaban J connectivity index is 1.60. The van der Waals surface area contributed by atoms with Gasteiger partial charge in [-0.3, -0.25) is 20.2 Å². The van der Waals surface area contributed by atoms with Crippen molar-refractivity contribution in [2.24, 2.45) is 4.99 Å². The van der Waals surface area contributed by atoms with E-state index in [1.54, 1.807) is 30.3 Å². The van der Waals surface area contributed by atoms with Crippen LogP contribution in [-0.2, 0) is 6.54 Å². The van der Waals surface area contributed by atoms with Crippen LogP contribution in [0, 0.1) is 20.2 Å². The number of rotatable bonds is 9. The Morgan fingerprint density at radius 1 is 0.744 bits per heavy atom. The number of nitro benzene ring substituents is 2. The van der Waals surface area contributed by atoms with Crippen LogP contribution in [0.3, 0.4) is 0 Å². The van der Waals surface area contributed by atoms with Gasteiger partial charge in [0.2, 0.25) is 0 Å². The fourth-order valence-corrected chi connectivity index (χ4v) is 5.54. The van der Waals surface area contributed by atoms with Gasteiger partial charge in [0.05, 0.1) is 15.5 Å². The van der Waals surface area contributed by atoms with Crippen molar-refractivity contribution in [2.75, 3.05) is 0 Å². The summed E-state index contributed by atoms with van der Waals surface area (Å²) < 4.78 is 2.04. The van der Waals surface area contributed by atoms with E-state index in [1.165, 1.54) is 40.7 Å². The maximum atomic E-state index is 11.6. The van der Waals surface area contributed by atoms with Gasteiger partial charge in [0, 0.05) is 36.0 Å². The number of hydrogen-bond donors (Lipinski definition) is 0. The van der Waals surface area contributed by atoms with Crippen LogP contribution in [0.5, 0.6) is 0 Å². The van der Waals surface area contributed by atoms with Crippen LogP contribution in [0.25, 0.3) is 11.3 Å². The lowest BCUT2D eigenvalue weighted by molar-refractivity contribution is -0.384. The molecule has 194 valence electrons. The Kier molecular flexibility index (Phi) is 7.70. The Morgan fingerprint density at radius 2 is 1.33 bits per heavy atom. The molecule has 0 aliphatic rings. The van der Waals surface area contributed by atoms with Crippen LogP contribution < -0.4 is 4.80 Å². The second-order valence-electron chi connectivity index (χ2n) is 8.88. The predicted molar refractivity (Wildman–Crippen MR) is 152 cm³/mol. The molecule has 5 rings (SSSR count). The van der Waals surface area contributed by atoms with Gasteiger partial charge in [0.15, 0.2) is 4.80 Å². The fourth-order valence-electron chi connectivity index (χ4n) is 4.59. The van der Waals surface area contributed by atoms with Crippen molar-refractivity contribution < 1.29 is 9.85 Å². The zero-order valence-corrected chi connectivity index (χ0v) is 21.6. The van der Waals surface area contributed by atoms with Crippen LogP contribution in [0.1, 0.15) is 23.5 Å². The average molecular weight is 537 g/mol. The molecule has 0 unspecified atom stereocenters. The minimum atomic E-state index is -0.436. The smallest absolute Gasteiger partial charge is 0.294 e. The molecular weight excluding hydrogens is 512 g/mol. The summed E-state index contributed by atoms with van der Waals surface area (Å²) in [6.07, 6.45) is 0.745. The van der Waals surface area contributed by atoms with Crippen LogP contribution in [-0.4, -0.2) is 14.4 Å². The second-order valence-corrected chi connectivity index (χ2v) is 9.72. The van der Waals surface area contributed by atoms with Crippen LogP contribution >= 0.6 is 11.3 Å². The van der Waals surface area contributed by atoms with E-state index >= 15 is 0 Å². The van der Waals surface area contributed by atoms with Crippen molar-refractivity contribution in [1.29, 1.82) is 0 Å². The summed E-state index contributed by atoms with van der Waals surface area (Å²) in [5.41, 5.74) is 4.24. The Labute approximate surface area is 228 Å². The third kappa shape index (κ3) is 5.83. The molecule has 1 aromatic heterocycles. The molecule has 0 radical (unpaired) electrons. The summed E-state index contributed by atoms with van der Waals surface area (Å²) in [6.45, 7) is 0.573. The molecular formula is C30H24N4O4S. The van der Waals surface area contributed by atoms with Crippen molar-refractivity contribution in [3.05, 3.63) is 151 Å². The van der Waals surface area contributed by atoms with Gasteiger partial charge in [-0.05, 0) is 41.3 Å². The topological polar surface area (TPSA) is 104 Å². The minimum Gasteiger partial charge on any atom is -0.316 e. The van der Waals surface area contributed by atoms with Crippen LogP contribution in [0.2, 0.25) is 0 Å². The van der Waals surface area contributed by atoms with Crippen molar-refractivity contribution in [1.82, 2.24) is 4.57 Å². The lowest BCUT2D eigenvalue weighted by Crippen LogP contribution is -2.18. The first kappa shape index (κ1) is 25.7. The lowest BCUT2D eigenvalue weighted by Gasteiger charge is -2.19. The molecule has 0 spiro atoms. The molecule has 9 heteroatoms. The molecule has 5 aromatic rings. The van der Waals surface area contributed by atoms with E-state index in [1.807, 2.05) is 46.3 Å². The predicted octanol–water partition coefficient (Wildman–Crippen LogP) is 7.49. The second kappa shape index (κ2) is 11.7. The maximum Gasteiger partial charge on any atom is 0.294 e. The zero-order valence-electron chi connectivity index (χ0n) is 20.8. The number of thiazole rings is 1. The molecule has 0 saturated carbocycles. The van der Waals surface area contributed by atoms with Gasteiger partial charge in [-0.2, -0.15) is 0 Å². The van der Waals surface area contributed by atoms with Gasteiger partial charge < -0.3 is 4.57 Å². The summed E-state index contributed by atoms with van der Waals surface area (Å²) in [6, 6.07) is 33.4. The third-order valence-electron chi connectivity index (χ3n) is 6.51. The highest BCUT2D eigenvalue weighted by molar-refractivity contribution is 7.07. The van der Waals surface area contributed by atoms with E-state index in [-0.39, 0.29) is 23.0 Å². The van der Waals surface area contributed by atoms with Crippen molar-refractivity contribution >= 4 is 28.4 Å². The molecule has 0 saturated heterocycles. The summed E-state index contributed by atoms with van der Waals surface area (Å²) >= 11 is 1.38. The highest BCUT2D eigenvalue weighted by Gasteiger charge is 2.18. The number of aromatic nitrogens is 1. The van der Waals surface area contributed by atoms with Crippen molar-refractivity contribution in [2.45, 2.75) is 18.9 Å². The third-order valence-corrected chi connectivity index (χ3v) is 7.37. The molecule has 0 bridgehead atoms. The van der Waals surface area contributed by atoms with Gasteiger partial charge >= 0.3 is 0 Å². The minimum absolute atomic E-state index is 0.0126. The number of non-ortho nitro benzene ring substituents is 1. The highest BCUT2D eigenvalue weighted by Crippen LogP contribution is 2.31. The van der Waals surface area contributed by atoms with Crippen molar-refractivity contribution in [3.8, 4) is 11.3 Å². The summed E-state index contributed by atoms with van der Waals surface area (Å²) in [7, 11) is 0. The molecule has 0 aliphatic heterocycles. The van der Waals surface area contributed by atoms with E-state index in [0.717, 1.165) is 17.7 Å². The molecule has 8 nitrogen and oxygen atoms in total. The monoisotopic (exact) mass is 536 g/mol. The first-order valence-corrected chi connectivity index (χ1v) is 13.2. The van der Waals surface area contributed by atoms with E-state index < -0.39 is 9.85 Å². The molecule has 0 N–H and O–H groups in total. The van der Waals surface area contributed by atoms with Crippen LogP contribution in [0.4, 0.5) is 17.1 Å². The lowest BCUT2D eigenvalue weighted by atomic mass is 9.88. The van der Waals surface area contributed by atoms with Crippen molar-refractivity contribution in [3.63, 3.8) is 0 Å². The number of para-hydroxylation sites is 2. The number of nitro groups is 2. The average Bonchev–Trinajstić information content (AvgIpc) is 3.36. The van der Waals surface area contributed by atoms with Gasteiger partial charge in [-0.1, -0.05) is 72.8 Å². The normalized spacial score (nSPS) is 11.6.